The van der Waals surface area contributed by atoms with Crippen molar-refractivity contribution in [2.24, 2.45) is 5.73 Å². The Kier molecular flexibility index (Phi) is 3.46. The Morgan fingerprint density at radius 2 is 2.29 bits per heavy atom. The van der Waals surface area contributed by atoms with E-state index in [9.17, 15) is 13.2 Å². The van der Waals surface area contributed by atoms with Gasteiger partial charge < -0.3 is 10.5 Å². The van der Waals surface area contributed by atoms with Crippen LogP contribution in [0.1, 0.15) is 6.92 Å². The number of carbonyl (C=O) groups excluding carboxylic acids is 1. The highest BCUT2D eigenvalue weighted by Crippen LogP contribution is 2.12. The molecule has 1 atom stereocenters. The van der Waals surface area contributed by atoms with E-state index in [1.54, 1.807) is 0 Å². The van der Waals surface area contributed by atoms with Crippen LogP contribution in [-0.4, -0.2) is 50.2 Å². The first kappa shape index (κ1) is 11.4. The summed E-state index contributed by atoms with van der Waals surface area (Å²) >= 11 is 0. The monoisotopic (exact) mass is 222 g/mol. The second kappa shape index (κ2) is 4.24. The van der Waals surface area contributed by atoms with Crippen LogP contribution in [-0.2, 0) is 19.6 Å². The first-order chi connectivity index (χ1) is 6.49. The van der Waals surface area contributed by atoms with Crippen LogP contribution in [0.3, 0.4) is 0 Å². The van der Waals surface area contributed by atoms with E-state index in [1.165, 1.54) is 6.92 Å². The molecule has 0 aromatic carbocycles. The molecular formula is C7H14N2O4S. The average molecular weight is 222 g/mol. The standard InChI is InChI=1S/C7H14N2O4S/c1-2-14(11,12)9-3-4-13-5-6(9)7(8)10/h6H,2-5H2,1H3,(H2,8,10). The maximum absolute atomic E-state index is 11.5. The van der Waals surface area contributed by atoms with Crippen molar-refractivity contribution in [3.8, 4) is 0 Å². The number of ether oxygens (including phenoxy) is 1. The Morgan fingerprint density at radius 3 is 2.79 bits per heavy atom. The van der Waals surface area contributed by atoms with Gasteiger partial charge >= 0.3 is 0 Å². The van der Waals surface area contributed by atoms with Gasteiger partial charge in [0.05, 0.1) is 19.0 Å². The SMILES string of the molecule is CCS(=O)(=O)N1CCOCC1C(N)=O. The number of hydrogen-bond acceptors (Lipinski definition) is 4. The largest absolute Gasteiger partial charge is 0.378 e. The zero-order valence-electron chi connectivity index (χ0n) is 7.97. The molecule has 0 radical (unpaired) electrons. The molecule has 1 rings (SSSR count). The van der Waals surface area contributed by atoms with Gasteiger partial charge in [0.15, 0.2) is 0 Å². The van der Waals surface area contributed by atoms with Gasteiger partial charge in [-0.3, -0.25) is 4.79 Å². The molecule has 1 saturated heterocycles. The van der Waals surface area contributed by atoms with Crippen molar-refractivity contribution < 1.29 is 17.9 Å². The third-order valence-corrected chi connectivity index (χ3v) is 4.01. The van der Waals surface area contributed by atoms with Gasteiger partial charge in [0, 0.05) is 6.54 Å². The maximum atomic E-state index is 11.5. The Bertz CT molecular complexity index is 314. The smallest absolute Gasteiger partial charge is 0.238 e. The fourth-order valence-corrected chi connectivity index (χ4v) is 2.55. The summed E-state index contributed by atoms with van der Waals surface area (Å²) < 4.78 is 29.2. The van der Waals surface area contributed by atoms with Crippen LogP contribution in [0.5, 0.6) is 0 Å². The van der Waals surface area contributed by atoms with Crippen molar-refractivity contribution in [1.82, 2.24) is 4.31 Å². The number of amides is 1. The third kappa shape index (κ3) is 2.23. The molecule has 1 aliphatic rings. The van der Waals surface area contributed by atoms with E-state index in [2.05, 4.69) is 0 Å². The molecule has 6 nitrogen and oxygen atoms in total. The van der Waals surface area contributed by atoms with E-state index in [0.717, 1.165) is 4.31 Å². The summed E-state index contributed by atoms with van der Waals surface area (Å²) in [6, 6.07) is -0.853. The van der Waals surface area contributed by atoms with Crippen LogP contribution in [0.15, 0.2) is 0 Å². The zero-order valence-corrected chi connectivity index (χ0v) is 8.79. The number of hydrogen-bond donors (Lipinski definition) is 1. The van der Waals surface area contributed by atoms with E-state index in [0.29, 0.717) is 6.61 Å². The van der Waals surface area contributed by atoms with E-state index < -0.39 is 22.0 Å². The first-order valence-electron chi connectivity index (χ1n) is 4.35. The fourth-order valence-electron chi connectivity index (χ4n) is 1.31. The van der Waals surface area contributed by atoms with Crippen molar-refractivity contribution >= 4 is 15.9 Å². The number of morpholine rings is 1. The van der Waals surface area contributed by atoms with Crippen LogP contribution >= 0.6 is 0 Å². The van der Waals surface area contributed by atoms with Gasteiger partial charge in [0.1, 0.15) is 6.04 Å². The molecule has 0 aromatic rings. The number of primary amides is 1. The van der Waals surface area contributed by atoms with Crippen LogP contribution < -0.4 is 5.73 Å². The van der Waals surface area contributed by atoms with Crippen LogP contribution in [0.25, 0.3) is 0 Å². The van der Waals surface area contributed by atoms with Gasteiger partial charge in [-0.15, -0.1) is 0 Å². The summed E-state index contributed by atoms with van der Waals surface area (Å²) in [6.45, 7) is 2.09. The quantitative estimate of drug-likeness (QED) is 0.630. The van der Waals surface area contributed by atoms with Crippen LogP contribution in [0.4, 0.5) is 0 Å². The minimum absolute atomic E-state index is 0.0310. The Balaban J connectivity index is 2.88. The molecule has 0 bridgehead atoms. The summed E-state index contributed by atoms with van der Waals surface area (Å²) in [5, 5.41) is 0. The molecule has 0 aromatic heterocycles. The Morgan fingerprint density at radius 1 is 1.64 bits per heavy atom. The summed E-state index contributed by atoms with van der Waals surface area (Å²) in [7, 11) is -3.36. The number of sulfonamides is 1. The highest BCUT2D eigenvalue weighted by molar-refractivity contribution is 7.89. The summed E-state index contributed by atoms with van der Waals surface area (Å²) in [6.07, 6.45) is 0. The van der Waals surface area contributed by atoms with Gasteiger partial charge in [-0.2, -0.15) is 4.31 Å². The van der Waals surface area contributed by atoms with Gasteiger partial charge in [0.2, 0.25) is 15.9 Å². The molecule has 7 heteroatoms. The predicted molar refractivity (Wildman–Crippen MR) is 50.0 cm³/mol. The van der Waals surface area contributed by atoms with Crippen molar-refractivity contribution in [2.75, 3.05) is 25.5 Å². The summed E-state index contributed by atoms with van der Waals surface area (Å²) in [5.41, 5.74) is 5.08. The molecule has 1 amide bonds. The minimum atomic E-state index is -3.36. The van der Waals surface area contributed by atoms with Crippen molar-refractivity contribution in [3.05, 3.63) is 0 Å². The van der Waals surface area contributed by atoms with Crippen molar-refractivity contribution in [2.45, 2.75) is 13.0 Å². The topological polar surface area (TPSA) is 89.7 Å². The number of rotatable bonds is 3. The number of nitrogens with two attached hydrogens (primary N) is 1. The Hall–Kier alpha value is -0.660. The summed E-state index contributed by atoms with van der Waals surface area (Å²) in [4.78, 5) is 11.0. The van der Waals surface area contributed by atoms with Crippen LogP contribution in [0, 0.1) is 0 Å². The highest BCUT2D eigenvalue weighted by atomic mass is 32.2. The molecule has 1 fully saturated rings. The lowest BCUT2D eigenvalue weighted by Gasteiger charge is -2.32. The van der Waals surface area contributed by atoms with Gasteiger partial charge in [-0.1, -0.05) is 0 Å². The predicted octanol–water partition coefficient (Wildman–Crippen LogP) is -1.48. The lowest BCUT2D eigenvalue weighted by Crippen LogP contribution is -2.54. The number of nitrogens with zero attached hydrogens (tertiary/aromatic N) is 1. The molecule has 14 heavy (non-hydrogen) atoms. The van der Waals surface area contributed by atoms with Crippen molar-refractivity contribution in [1.29, 1.82) is 0 Å². The normalized spacial score (nSPS) is 24.8. The molecule has 1 unspecified atom stereocenters. The third-order valence-electron chi connectivity index (χ3n) is 2.13. The summed E-state index contributed by atoms with van der Waals surface area (Å²) in [5.74, 6) is -0.696. The maximum Gasteiger partial charge on any atom is 0.238 e. The van der Waals surface area contributed by atoms with E-state index in [1.807, 2.05) is 0 Å². The van der Waals surface area contributed by atoms with E-state index in [-0.39, 0.29) is 18.9 Å². The highest BCUT2D eigenvalue weighted by Gasteiger charge is 2.35. The molecule has 2 N–H and O–H groups in total. The van der Waals surface area contributed by atoms with Crippen LogP contribution in [0.2, 0.25) is 0 Å². The average Bonchev–Trinajstić information content (AvgIpc) is 2.18. The lowest BCUT2D eigenvalue weighted by molar-refractivity contribution is -0.125. The van der Waals surface area contributed by atoms with Gasteiger partial charge in [0.25, 0.3) is 0 Å². The molecule has 0 spiro atoms. The van der Waals surface area contributed by atoms with Gasteiger partial charge in [-0.05, 0) is 6.92 Å². The molecule has 0 saturated carbocycles. The molecule has 82 valence electrons. The first-order valence-corrected chi connectivity index (χ1v) is 5.96. The van der Waals surface area contributed by atoms with Crippen molar-refractivity contribution in [3.63, 3.8) is 0 Å². The second-order valence-electron chi connectivity index (χ2n) is 3.00. The second-order valence-corrected chi connectivity index (χ2v) is 5.21. The van der Waals surface area contributed by atoms with Gasteiger partial charge in [-0.25, -0.2) is 8.42 Å². The fraction of sp³-hybridized carbons (Fsp3) is 0.857. The molecular weight excluding hydrogens is 208 g/mol. The Labute approximate surface area is 83.1 Å². The number of carbonyl (C=O) groups is 1. The van der Waals surface area contributed by atoms with E-state index >= 15 is 0 Å². The lowest BCUT2D eigenvalue weighted by atomic mass is 10.3. The van der Waals surface area contributed by atoms with E-state index in [4.69, 9.17) is 10.5 Å². The molecule has 1 heterocycles. The zero-order chi connectivity index (χ0) is 10.8. The molecule has 0 aliphatic carbocycles. The molecule has 1 aliphatic heterocycles. The minimum Gasteiger partial charge on any atom is -0.378 e.